The Morgan fingerprint density at radius 2 is 2.00 bits per heavy atom. The van der Waals surface area contributed by atoms with E-state index in [1.807, 2.05) is 6.07 Å². The van der Waals surface area contributed by atoms with Crippen LogP contribution in [0.25, 0.3) is 0 Å². The van der Waals surface area contributed by atoms with Gasteiger partial charge in [-0.3, -0.25) is 9.48 Å². The minimum Gasteiger partial charge on any atom is -0.338 e. The Kier molecular flexibility index (Phi) is 5.22. The number of carbonyl (C=O) groups excluding carboxylic acids is 1. The van der Waals surface area contributed by atoms with Gasteiger partial charge in [-0.15, -0.1) is 0 Å². The van der Waals surface area contributed by atoms with Gasteiger partial charge in [-0.25, -0.2) is 0 Å². The van der Waals surface area contributed by atoms with Crippen LogP contribution in [0.5, 0.6) is 0 Å². The predicted molar refractivity (Wildman–Crippen MR) is 73.9 cm³/mol. The molecule has 1 aromatic rings. The van der Waals surface area contributed by atoms with Crippen LogP contribution in [0.4, 0.5) is 13.2 Å². The maximum absolute atomic E-state index is 12.5. The summed E-state index contributed by atoms with van der Waals surface area (Å²) in [6, 6.07) is 2.01. The highest BCUT2D eigenvalue weighted by Crippen LogP contribution is 2.21. The van der Waals surface area contributed by atoms with Gasteiger partial charge in [-0.2, -0.15) is 23.5 Å². The van der Waals surface area contributed by atoms with E-state index < -0.39 is 24.2 Å². The highest BCUT2D eigenvalue weighted by atomic mass is 19.4. The van der Waals surface area contributed by atoms with Crippen LogP contribution in [-0.2, 0) is 17.8 Å². The summed E-state index contributed by atoms with van der Waals surface area (Å²) < 4.78 is 38.2. The summed E-state index contributed by atoms with van der Waals surface area (Å²) in [5.74, 6) is -0.413. The van der Waals surface area contributed by atoms with Gasteiger partial charge in [0.2, 0.25) is 5.91 Å². The van der Waals surface area contributed by atoms with Crippen molar-refractivity contribution in [3.05, 3.63) is 17.0 Å². The van der Waals surface area contributed by atoms with Crippen molar-refractivity contribution in [3.8, 4) is 6.07 Å². The summed E-state index contributed by atoms with van der Waals surface area (Å²) >= 11 is 0. The number of halogens is 3. The summed E-state index contributed by atoms with van der Waals surface area (Å²) in [6.07, 6.45) is -4.04. The molecule has 1 amide bonds. The molecule has 8 heteroatoms. The molecule has 0 aromatic carbocycles. The first kappa shape index (κ1) is 18.0. The molecule has 0 aliphatic heterocycles. The quantitative estimate of drug-likeness (QED) is 0.907. The number of aryl methyl sites for hydroxylation is 1. The number of nitriles is 1. The van der Waals surface area contributed by atoms with Crippen molar-refractivity contribution < 1.29 is 18.0 Å². The number of amides is 1. The fraction of sp³-hybridized carbons (Fsp3) is 0.643. The number of alkyl halides is 3. The van der Waals surface area contributed by atoms with Crippen LogP contribution < -0.4 is 5.32 Å². The highest BCUT2D eigenvalue weighted by molar-refractivity contribution is 5.80. The van der Waals surface area contributed by atoms with Gasteiger partial charge in [0.15, 0.2) is 0 Å². The van der Waals surface area contributed by atoms with E-state index in [0.717, 1.165) is 4.68 Å². The van der Waals surface area contributed by atoms with E-state index in [9.17, 15) is 18.0 Å². The zero-order valence-corrected chi connectivity index (χ0v) is 13.0. The molecular weight excluding hydrogens is 297 g/mol. The van der Waals surface area contributed by atoms with Crippen molar-refractivity contribution in [1.82, 2.24) is 15.1 Å². The van der Waals surface area contributed by atoms with Crippen molar-refractivity contribution in [2.24, 2.45) is 0 Å². The van der Waals surface area contributed by atoms with Gasteiger partial charge in [0.05, 0.1) is 18.2 Å². The molecule has 122 valence electrons. The van der Waals surface area contributed by atoms with Crippen molar-refractivity contribution in [2.45, 2.75) is 58.8 Å². The van der Waals surface area contributed by atoms with Gasteiger partial charge < -0.3 is 5.32 Å². The fourth-order valence-corrected chi connectivity index (χ4v) is 2.02. The minimum atomic E-state index is -4.37. The van der Waals surface area contributed by atoms with E-state index in [0.29, 0.717) is 23.4 Å². The maximum atomic E-state index is 12.5. The number of rotatable bonds is 5. The van der Waals surface area contributed by atoms with Crippen LogP contribution in [0.15, 0.2) is 0 Å². The van der Waals surface area contributed by atoms with E-state index in [1.165, 1.54) is 6.92 Å². The molecule has 5 nitrogen and oxygen atoms in total. The Balaban J connectivity index is 2.91. The van der Waals surface area contributed by atoms with Crippen LogP contribution in [-0.4, -0.2) is 27.4 Å². The second-order valence-electron chi connectivity index (χ2n) is 5.44. The number of hydrogen-bond donors (Lipinski definition) is 1. The van der Waals surface area contributed by atoms with Gasteiger partial charge in [-0.1, -0.05) is 6.92 Å². The third-order valence-electron chi connectivity index (χ3n) is 3.57. The lowest BCUT2D eigenvalue weighted by Gasteiger charge is -2.21. The fourth-order valence-electron chi connectivity index (χ4n) is 2.02. The molecule has 0 unspecified atom stereocenters. The number of nitrogens with one attached hydrogen (secondary N) is 1. The van der Waals surface area contributed by atoms with Gasteiger partial charge in [0.25, 0.3) is 0 Å². The molecule has 0 spiro atoms. The van der Waals surface area contributed by atoms with Crippen LogP contribution in [0, 0.1) is 25.2 Å². The second kappa shape index (κ2) is 6.38. The molecule has 0 aliphatic rings. The molecule has 0 aliphatic carbocycles. The minimum absolute atomic E-state index is 0.104. The summed E-state index contributed by atoms with van der Waals surface area (Å²) in [4.78, 5) is 12.0. The molecule has 22 heavy (non-hydrogen) atoms. The molecule has 1 atom stereocenters. The Morgan fingerprint density at radius 3 is 2.45 bits per heavy atom. The van der Waals surface area contributed by atoms with E-state index >= 15 is 0 Å². The van der Waals surface area contributed by atoms with E-state index in [1.54, 1.807) is 20.8 Å². The number of carbonyl (C=O) groups is 1. The lowest BCUT2D eigenvalue weighted by molar-refractivity contribution is -0.143. The molecule has 1 rings (SSSR count). The van der Waals surface area contributed by atoms with Crippen LogP contribution >= 0.6 is 0 Å². The number of hydrogen-bond acceptors (Lipinski definition) is 3. The predicted octanol–water partition coefficient (Wildman–Crippen LogP) is 2.41. The molecule has 1 aromatic heterocycles. The largest absolute Gasteiger partial charge is 0.408 e. The van der Waals surface area contributed by atoms with Crippen molar-refractivity contribution >= 4 is 5.91 Å². The second-order valence-corrected chi connectivity index (χ2v) is 5.44. The van der Waals surface area contributed by atoms with Crippen LogP contribution in [0.1, 0.15) is 37.2 Å². The first-order valence-electron chi connectivity index (χ1n) is 6.83. The topological polar surface area (TPSA) is 70.7 Å². The third-order valence-corrected chi connectivity index (χ3v) is 3.57. The van der Waals surface area contributed by atoms with E-state index in [4.69, 9.17) is 5.26 Å². The zero-order valence-electron chi connectivity index (χ0n) is 13.0. The van der Waals surface area contributed by atoms with Gasteiger partial charge in [0, 0.05) is 11.3 Å². The first-order chi connectivity index (χ1) is 10.0. The monoisotopic (exact) mass is 316 g/mol. The van der Waals surface area contributed by atoms with Crippen molar-refractivity contribution in [1.29, 1.82) is 5.26 Å². The molecule has 0 saturated heterocycles. The lowest BCUT2D eigenvalue weighted by atomic mass is 10.0. The number of aromatic nitrogens is 2. The summed E-state index contributed by atoms with van der Waals surface area (Å²) in [5.41, 5.74) is 0.159. The molecule has 0 saturated carbocycles. The van der Waals surface area contributed by atoms with Gasteiger partial charge in [0.1, 0.15) is 12.1 Å². The molecule has 1 N–H and O–H groups in total. The maximum Gasteiger partial charge on any atom is 0.408 e. The zero-order chi connectivity index (χ0) is 17.1. The Hall–Kier alpha value is -2.04. The standard InChI is InChI=1S/C14H19F3N4O/c1-5-13(4,7-18)19-12(22)6-11-9(2)20-21(10(11)3)8-14(15,16)17/h5-6,8H2,1-4H3,(H,19,22)/t13-/m0/s1. The molecule has 0 fully saturated rings. The first-order valence-corrected chi connectivity index (χ1v) is 6.83. The van der Waals surface area contributed by atoms with Gasteiger partial charge in [-0.05, 0) is 27.2 Å². The van der Waals surface area contributed by atoms with E-state index in [2.05, 4.69) is 10.4 Å². The summed E-state index contributed by atoms with van der Waals surface area (Å²) in [7, 11) is 0. The smallest absolute Gasteiger partial charge is 0.338 e. The van der Waals surface area contributed by atoms with Crippen molar-refractivity contribution in [2.75, 3.05) is 0 Å². The average molecular weight is 316 g/mol. The van der Waals surface area contributed by atoms with Crippen molar-refractivity contribution in [3.63, 3.8) is 0 Å². The molecule has 1 heterocycles. The lowest BCUT2D eigenvalue weighted by Crippen LogP contribution is -2.45. The molecular formula is C14H19F3N4O. The van der Waals surface area contributed by atoms with Gasteiger partial charge >= 0.3 is 6.18 Å². The Bertz CT molecular complexity index is 600. The number of nitrogens with zero attached hydrogens (tertiary/aromatic N) is 3. The average Bonchev–Trinajstić information content (AvgIpc) is 2.64. The normalized spacial score (nSPS) is 14.3. The third kappa shape index (κ3) is 4.48. The Labute approximate surface area is 127 Å². The van der Waals surface area contributed by atoms with Crippen LogP contribution in [0.2, 0.25) is 0 Å². The molecule has 0 bridgehead atoms. The Morgan fingerprint density at radius 1 is 1.41 bits per heavy atom. The summed E-state index contributed by atoms with van der Waals surface area (Å²) in [6.45, 7) is 5.23. The SMILES string of the molecule is CC[C@@](C)(C#N)NC(=O)Cc1c(C)nn(CC(F)(F)F)c1C. The van der Waals surface area contributed by atoms with E-state index in [-0.39, 0.29) is 6.42 Å². The molecule has 0 radical (unpaired) electrons. The van der Waals surface area contributed by atoms with Crippen LogP contribution in [0.3, 0.4) is 0 Å². The highest BCUT2D eigenvalue weighted by Gasteiger charge is 2.31. The summed E-state index contributed by atoms with van der Waals surface area (Å²) in [5, 5.41) is 15.5.